The number of nitrogens with one attached hydrogen (secondary N) is 1. The molecule has 3 aromatic carbocycles. The highest BCUT2D eigenvalue weighted by molar-refractivity contribution is 7.89. The lowest BCUT2D eigenvalue weighted by Crippen LogP contribution is -2.39. The highest BCUT2D eigenvalue weighted by atomic mass is 32.2. The Balaban J connectivity index is 1.78. The predicted molar refractivity (Wildman–Crippen MR) is 119 cm³/mol. The Morgan fingerprint density at radius 1 is 1.06 bits per heavy atom. The van der Waals surface area contributed by atoms with E-state index in [2.05, 4.69) is 10.5 Å². The maximum Gasteiger partial charge on any atom is 0.255 e. The Kier molecular flexibility index (Phi) is 7.69. The topological polar surface area (TPSA) is 88.1 Å². The number of carbonyl (C=O) groups is 1. The standard InChI is InChI=1S/C23H22FN3O4S/c1-31-21-10-12-22(13-11-21)32(29,30)27(16-18-6-3-2-4-7-18)17-23(28)26-25-15-19-8-5-9-20(24)14-19/h2-15H,16-17H2,1H3,(H,26,28)/b25-15-. The summed E-state index contributed by atoms with van der Waals surface area (Å²) in [5, 5.41) is 3.79. The molecule has 166 valence electrons. The average molecular weight is 456 g/mol. The number of methoxy groups -OCH3 is 1. The van der Waals surface area contributed by atoms with Crippen LogP contribution in [0.5, 0.6) is 5.75 Å². The number of hydrogen-bond donors (Lipinski definition) is 1. The van der Waals surface area contributed by atoms with E-state index in [1.54, 1.807) is 30.3 Å². The molecule has 0 aromatic heterocycles. The third kappa shape index (κ3) is 6.22. The van der Waals surface area contributed by atoms with Gasteiger partial charge >= 0.3 is 0 Å². The van der Waals surface area contributed by atoms with Crippen molar-refractivity contribution in [1.82, 2.24) is 9.73 Å². The van der Waals surface area contributed by atoms with E-state index in [9.17, 15) is 17.6 Å². The van der Waals surface area contributed by atoms with Gasteiger partial charge in [0.1, 0.15) is 11.6 Å². The molecule has 1 amide bonds. The normalized spacial score (nSPS) is 11.6. The van der Waals surface area contributed by atoms with Crippen LogP contribution in [-0.4, -0.2) is 38.5 Å². The van der Waals surface area contributed by atoms with Gasteiger partial charge in [-0.3, -0.25) is 4.79 Å². The SMILES string of the molecule is COc1ccc(S(=O)(=O)N(CC(=O)N/N=C\c2cccc(F)c2)Cc2ccccc2)cc1. The van der Waals surface area contributed by atoms with Crippen LogP contribution in [0.25, 0.3) is 0 Å². The molecule has 7 nitrogen and oxygen atoms in total. The van der Waals surface area contributed by atoms with Gasteiger partial charge in [-0.1, -0.05) is 42.5 Å². The molecule has 0 saturated heterocycles. The van der Waals surface area contributed by atoms with E-state index in [0.717, 1.165) is 9.87 Å². The lowest BCUT2D eigenvalue weighted by Gasteiger charge is -2.21. The molecule has 0 bridgehead atoms. The van der Waals surface area contributed by atoms with Crippen molar-refractivity contribution < 1.29 is 22.3 Å². The number of halogens is 1. The van der Waals surface area contributed by atoms with Crippen molar-refractivity contribution in [1.29, 1.82) is 0 Å². The smallest absolute Gasteiger partial charge is 0.255 e. The average Bonchev–Trinajstić information content (AvgIpc) is 2.79. The van der Waals surface area contributed by atoms with E-state index >= 15 is 0 Å². The molecule has 3 aromatic rings. The highest BCUT2D eigenvalue weighted by Crippen LogP contribution is 2.21. The quantitative estimate of drug-likeness (QED) is 0.397. The first-order valence-corrected chi connectivity index (χ1v) is 11.1. The summed E-state index contributed by atoms with van der Waals surface area (Å²) in [5.74, 6) is -0.548. The summed E-state index contributed by atoms with van der Waals surface area (Å²) < 4.78 is 45.8. The predicted octanol–water partition coefficient (Wildman–Crippen LogP) is 3.18. The summed E-state index contributed by atoms with van der Waals surface area (Å²) in [6, 6.07) is 20.6. The fraction of sp³-hybridized carbons (Fsp3) is 0.130. The number of carbonyl (C=O) groups excluding carboxylic acids is 1. The monoisotopic (exact) mass is 455 g/mol. The largest absolute Gasteiger partial charge is 0.497 e. The van der Waals surface area contributed by atoms with E-state index in [1.165, 1.54) is 55.8 Å². The van der Waals surface area contributed by atoms with Crippen molar-refractivity contribution in [3.05, 3.63) is 95.8 Å². The van der Waals surface area contributed by atoms with Crippen LogP contribution in [0.15, 0.2) is 88.9 Å². The Bertz CT molecular complexity index is 1180. The molecule has 3 rings (SSSR count). The van der Waals surface area contributed by atoms with Gasteiger partial charge in [-0.2, -0.15) is 9.41 Å². The van der Waals surface area contributed by atoms with Crippen molar-refractivity contribution in [3.8, 4) is 5.75 Å². The maximum atomic E-state index is 13.2. The van der Waals surface area contributed by atoms with Crippen molar-refractivity contribution in [2.24, 2.45) is 5.10 Å². The lowest BCUT2D eigenvalue weighted by molar-refractivity contribution is -0.121. The molecule has 0 saturated carbocycles. The third-order valence-corrected chi connectivity index (χ3v) is 6.28. The van der Waals surface area contributed by atoms with E-state index < -0.39 is 28.3 Å². The summed E-state index contributed by atoms with van der Waals surface area (Å²) in [5.41, 5.74) is 3.47. The number of hydrazone groups is 1. The van der Waals surface area contributed by atoms with Crippen LogP contribution in [-0.2, 0) is 21.4 Å². The van der Waals surface area contributed by atoms with Gasteiger partial charge in [0.05, 0.1) is 24.8 Å². The number of sulfonamides is 1. The van der Waals surface area contributed by atoms with Crippen molar-refractivity contribution >= 4 is 22.1 Å². The number of amides is 1. The molecular formula is C23H22FN3O4S. The van der Waals surface area contributed by atoms with Gasteiger partial charge in [0.25, 0.3) is 5.91 Å². The number of ether oxygens (including phenoxy) is 1. The fourth-order valence-electron chi connectivity index (χ4n) is 2.87. The minimum Gasteiger partial charge on any atom is -0.497 e. The Morgan fingerprint density at radius 3 is 2.44 bits per heavy atom. The van der Waals surface area contributed by atoms with E-state index in [4.69, 9.17) is 4.74 Å². The zero-order valence-electron chi connectivity index (χ0n) is 17.3. The van der Waals surface area contributed by atoms with E-state index in [0.29, 0.717) is 11.3 Å². The van der Waals surface area contributed by atoms with E-state index in [-0.39, 0.29) is 11.4 Å². The summed E-state index contributed by atoms with van der Waals surface area (Å²) in [6.07, 6.45) is 1.28. The van der Waals surface area contributed by atoms with Crippen molar-refractivity contribution in [2.45, 2.75) is 11.4 Å². The lowest BCUT2D eigenvalue weighted by atomic mass is 10.2. The van der Waals surface area contributed by atoms with Gasteiger partial charge in [0.2, 0.25) is 10.0 Å². The molecule has 0 radical (unpaired) electrons. The van der Waals surface area contributed by atoms with Crippen molar-refractivity contribution in [3.63, 3.8) is 0 Å². The second-order valence-corrected chi connectivity index (χ2v) is 8.72. The summed E-state index contributed by atoms with van der Waals surface area (Å²) in [4.78, 5) is 12.5. The molecule has 0 spiro atoms. The Labute approximate surface area is 186 Å². The minimum absolute atomic E-state index is 0.00374. The van der Waals surface area contributed by atoms with Crippen LogP contribution in [0.2, 0.25) is 0 Å². The zero-order valence-corrected chi connectivity index (χ0v) is 18.1. The Hall–Kier alpha value is -3.56. The fourth-order valence-corrected chi connectivity index (χ4v) is 4.26. The minimum atomic E-state index is -3.99. The highest BCUT2D eigenvalue weighted by Gasteiger charge is 2.27. The van der Waals surface area contributed by atoms with Gasteiger partial charge in [-0.25, -0.2) is 18.2 Å². The second kappa shape index (κ2) is 10.7. The first kappa shape index (κ1) is 23.1. The first-order chi connectivity index (χ1) is 15.4. The van der Waals surface area contributed by atoms with Crippen LogP contribution in [0.4, 0.5) is 4.39 Å². The molecule has 32 heavy (non-hydrogen) atoms. The molecule has 0 aliphatic heterocycles. The van der Waals surface area contributed by atoms with Crippen LogP contribution in [0.3, 0.4) is 0 Å². The van der Waals surface area contributed by atoms with E-state index in [1.807, 2.05) is 6.07 Å². The van der Waals surface area contributed by atoms with Crippen LogP contribution in [0, 0.1) is 5.82 Å². The van der Waals surface area contributed by atoms with Gasteiger partial charge in [-0.05, 0) is 47.5 Å². The number of rotatable bonds is 9. The van der Waals surface area contributed by atoms with Crippen molar-refractivity contribution in [2.75, 3.05) is 13.7 Å². The molecule has 0 atom stereocenters. The van der Waals surface area contributed by atoms with Gasteiger partial charge in [0, 0.05) is 6.54 Å². The molecular weight excluding hydrogens is 433 g/mol. The zero-order chi connectivity index (χ0) is 23.0. The Morgan fingerprint density at radius 2 is 1.78 bits per heavy atom. The molecule has 9 heteroatoms. The van der Waals surface area contributed by atoms with Crippen LogP contribution in [0.1, 0.15) is 11.1 Å². The summed E-state index contributed by atoms with van der Waals surface area (Å²) in [7, 11) is -2.50. The number of nitrogens with zero attached hydrogens (tertiary/aromatic N) is 2. The first-order valence-electron chi connectivity index (χ1n) is 9.64. The van der Waals surface area contributed by atoms with Gasteiger partial charge in [0.15, 0.2) is 0 Å². The van der Waals surface area contributed by atoms with Gasteiger partial charge < -0.3 is 4.74 Å². The maximum absolute atomic E-state index is 13.2. The molecule has 0 aliphatic rings. The van der Waals surface area contributed by atoms with Crippen LogP contribution >= 0.6 is 0 Å². The molecule has 0 unspecified atom stereocenters. The summed E-state index contributed by atoms with van der Waals surface area (Å²) >= 11 is 0. The van der Waals surface area contributed by atoms with Gasteiger partial charge in [-0.15, -0.1) is 0 Å². The third-order valence-electron chi connectivity index (χ3n) is 4.47. The molecule has 0 fully saturated rings. The second-order valence-electron chi connectivity index (χ2n) is 6.78. The number of benzene rings is 3. The number of hydrogen-bond acceptors (Lipinski definition) is 5. The molecule has 1 N–H and O–H groups in total. The summed E-state index contributed by atoms with van der Waals surface area (Å²) in [6.45, 7) is -0.458. The molecule has 0 heterocycles. The van der Waals surface area contributed by atoms with Crippen LogP contribution < -0.4 is 10.2 Å². The molecule has 0 aliphatic carbocycles.